The third-order valence-electron chi connectivity index (χ3n) is 8.22. The van der Waals surface area contributed by atoms with Gasteiger partial charge < -0.3 is 24.4 Å². The first-order chi connectivity index (χ1) is 19.4. The number of piperidine rings is 1. The zero-order valence-corrected chi connectivity index (χ0v) is 23.1. The van der Waals surface area contributed by atoms with Crippen LogP contribution in [0.2, 0.25) is 0 Å². The van der Waals surface area contributed by atoms with E-state index in [1.165, 1.54) is 0 Å². The fourth-order valence-electron chi connectivity index (χ4n) is 5.90. The van der Waals surface area contributed by atoms with Gasteiger partial charge in [-0.25, -0.2) is 4.79 Å². The Hall–Kier alpha value is -4.18. The molecule has 5 rings (SSSR count). The van der Waals surface area contributed by atoms with Crippen LogP contribution in [0.1, 0.15) is 35.7 Å². The average Bonchev–Trinajstić information content (AvgIpc) is 2.99. The fraction of sp³-hybridized carbons (Fsp3) is 0.400. The molecule has 2 aromatic rings. The molecule has 0 spiro atoms. The van der Waals surface area contributed by atoms with Gasteiger partial charge in [-0.1, -0.05) is 24.3 Å². The van der Waals surface area contributed by atoms with E-state index in [0.717, 1.165) is 24.1 Å². The van der Waals surface area contributed by atoms with Crippen molar-refractivity contribution in [2.45, 2.75) is 37.9 Å². The van der Waals surface area contributed by atoms with Crippen molar-refractivity contribution in [2.75, 3.05) is 44.3 Å². The summed E-state index contributed by atoms with van der Waals surface area (Å²) in [6.45, 7) is 4.14. The molecular formula is C30H36N4O6. The SMILES string of the molecule is COc1ccc(CNC(=O)c2ccc(N3CCC(N4C(=O)OCC5C=CC=CC54C)CC3)c(NO)c2)c(OC)c1. The zero-order valence-electron chi connectivity index (χ0n) is 23.1. The Kier molecular flexibility index (Phi) is 7.88. The van der Waals surface area contributed by atoms with Crippen LogP contribution in [0.4, 0.5) is 16.2 Å². The van der Waals surface area contributed by atoms with Gasteiger partial charge in [-0.15, -0.1) is 0 Å². The second-order valence-corrected chi connectivity index (χ2v) is 10.4. The number of hydrogen-bond donors (Lipinski definition) is 3. The quantitative estimate of drug-likeness (QED) is 0.418. The molecule has 0 bridgehead atoms. The van der Waals surface area contributed by atoms with Crippen molar-refractivity contribution in [3.05, 3.63) is 71.8 Å². The van der Waals surface area contributed by atoms with Crippen LogP contribution in [0.15, 0.2) is 60.7 Å². The number of carbonyl (C=O) groups excluding carboxylic acids is 2. The number of cyclic esters (lactones) is 1. The molecule has 40 heavy (non-hydrogen) atoms. The highest BCUT2D eigenvalue weighted by Crippen LogP contribution is 2.39. The van der Waals surface area contributed by atoms with E-state index in [2.05, 4.69) is 34.8 Å². The van der Waals surface area contributed by atoms with Crippen molar-refractivity contribution in [1.29, 1.82) is 0 Å². The number of benzene rings is 2. The minimum absolute atomic E-state index is 0.0400. The lowest BCUT2D eigenvalue weighted by molar-refractivity contribution is -0.0283. The van der Waals surface area contributed by atoms with Gasteiger partial charge in [0.1, 0.15) is 18.1 Å². The van der Waals surface area contributed by atoms with Crippen molar-refractivity contribution in [3.8, 4) is 11.5 Å². The number of methoxy groups -OCH3 is 2. The van der Waals surface area contributed by atoms with E-state index in [4.69, 9.17) is 14.2 Å². The molecule has 3 N–H and O–H groups in total. The Morgan fingerprint density at radius 1 is 1.12 bits per heavy atom. The van der Waals surface area contributed by atoms with Crippen molar-refractivity contribution >= 4 is 23.4 Å². The molecule has 2 amide bonds. The zero-order chi connectivity index (χ0) is 28.3. The summed E-state index contributed by atoms with van der Waals surface area (Å²) in [5, 5.41) is 12.8. The molecule has 2 atom stereocenters. The minimum atomic E-state index is -0.403. The molecule has 0 aromatic heterocycles. The number of fused-ring (bicyclic) bond motifs is 1. The molecule has 1 aliphatic carbocycles. The molecule has 0 saturated carbocycles. The van der Waals surface area contributed by atoms with Crippen LogP contribution < -0.4 is 25.2 Å². The van der Waals surface area contributed by atoms with Crippen LogP contribution in [-0.4, -0.2) is 67.6 Å². The number of nitrogens with zero attached hydrogens (tertiary/aromatic N) is 2. The highest BCUT2D eigenvalue weighted by molar-refractivity contribution is 5.96. The Balaban J connectivity index is 1.24. The third kappa shape index (κ3) is 5.19. The molecule has 10 heteroatoms. The smallest absolute Gasteiger partial charge is 0.410 e. The van der Waals surface area contributed by atoms with Crippen molar-refractivity contribution in [2.24, 2.45) is 5.92 Å². The Bertz CT molecular complexity index is 1320. The van der Waals surface area contributed by atoms with Crippen molar-refractivity contribution in [3.63, 3.8) is 0 Å². The lowest BCUT2D eigenvalue weighted by atomic mass is 9.78. The molecule has 2 heterocycles. The largest absolute Gasteiger partial charge is 0.497 e. The summed E-state index contributed by atoms with van der Waals surface area (Å²) in [7, 11) is 3.15. The molecule has 3 aliphatic rings. The van der Waals surface area contributed by atoms with E-state index in [1.54, 1.807) is 32.4 Å². The second kappa shape index (κ2) is 11.5. The highest BCUT2D eigenvalue weighted by Gasteiger charge is 2.48. The maximum atomic E-state index is 12.9. The molecule has 2 saturated heterocycles. The third-order valence-corrected chi connectivity index (χ3v) is 8.22. The van der Waals surface area contributed by atoms with Crippen molar-refractivity contribution < 1.29 is 29.0 Å². The van der Waals surface area contributed by atoms with Gasteiger partial charge in [0.15, 0.2) is 0 Å². The van der Waals surface area contributed by atoms with Gasteiger partial charge in [-0.3, -0.25) is 20.4 Å². The molecule has 2 aromatic carbocycles. The number of ether oxygens (including phenoxy) is 3. The van der Waals surface area contributed by atoms with Gasteiger partial charge >= 0.3 is 6.09 Å². The second-order valence-electron chi connectivity index (χ2n) is 10.4. The number of rotatable bonds is 8. The summed E-state index contributed by atoms with van der Waals surface area (Å²) in [6.07, 6.45) is 9.47. The molecule has 212 valence electrons. The summed E-state index contributed by atoms with van der Waals surface area (Å²) >= 11 is 0. The summed E-state index contributed by atoms with van der Waals surface area (Å²) in [5.41, 5.74) is 4.32. The monoisotopic (exact) mass is 548 g/mol. The summed E-state index contributed by atoms with van der Waals surface area (Å²) < 4.78 is 16.2. The lowest BCUT2D eigenvalue weighted by Gasteiger charge is -2.52. The topological polar surface area (TPSA) is 113 Å². The van der Waals surface area contributed by atoms with Crippen LogP contribution in [0, 0.1) is 5.92 Å². The maximum Gasteiger partial charge on any atom is 0.410 e. The van der Waals surface area contributed by atoms with Gasteiger partial charge in [-0.2, -0.15) is 0 Å². The summed E-state index contributed by atoms with van der Waals surface area (Å²) in [5.74, 6) is 1.14. The Labute approximate surface area is 234 Å². The number of carbonyl (C=O) groups is 2. The van der Waals surface area contributed by atoms with Crippen LogP contribution in [0.3, 0.4) is 0 Å². The predicted molar refractivity (Wildman–Crippen MR) is 151 cm³/mol. The number of allylic oxidation sites excluding steroid dienone is 2. The highest BCUT2D eigenvalue weighted by atomic mass is 16.6. The maximum absolute atomic E-state index is 12.9. The first-order valence-corrected chi connectivity index (χ1v) is 13.5. The molecular weight excluding hydrogens is 512 g/mol. The van der Waals surface area contributed by atoms with Crippen LogP contribution in [-0.2, 0) is 11.3 Å². The van der Waals surface area contributed by atoms with Gasteiger partial charge in [0.25, 0.3) is 5.91 Å². The normalized spacial score (nSPS) is 22.4. The number of hydrogen-bond acceptors (Lipinski definition) is 8. The van der Waals surface area contributed by atoms with Gasteiger partial charge in [0, 0.05) is 48.8 Å². The molecule has 2 unspecified atom stereocenters. The van der Waals surface area contributed by atoms with Gasteiger partial charge in [-0.05, 0) is 50.1 Å². The van der Waals surface area contributed by atoms with Crippen LogP contribution in [0.5, 0.6) is 11.5 Å². The minimum Gasteiger partial charge on any atom is -0.497 e. The van der Waals surface area contributed by atoms with E-state index in [1.807, 2.05) is 35.3 Å². The number of amides is 2. The van der Waals surface area contributed by atoms with E-state index < -0.39 is 5.54 Å². The first kappa shape index (κ1) is 27.4. The van der Waals surface area contributed by atoms with E-state index in [0.29, 0.717) is 42.4 Å². The van der Waals surface area contributed by atoms with Crippen LogP contribution >= 0.6 is 0 Å². The summed E-state index contributed by atoms with van der Waals surface area (Å²) in [6, 6.07) is 10.7. The Morgan fingerprint density at radius 3 is 2.65 bits per heavy atom. The number of anilines is 2. The predicted octanol–water partition coefficient (Wildman–Crippen LogP) is 4.36. The van der Waals surface area contributed by atoms with Gasteiger partial charge in [0.2, 0.25) is 0 Å². The molecule has 0 radical (unpaired) electrons. The molecule has 2 aliphatic heterocycles. The standard InChI is InChI=1S/C30H36N4O6/c1-30-13-5-4-6-22(30)19-40-29(36)34(30)23-11-14-33(15-12-23)26-10-8-20(16-25(26)32-37)28(35)31-18-21-7-9-24(38-2)17-27(21)39-3/h4-10,13,16-17,22-23,32,37H,11-12,14-15,18-19H2,1-3H3,(H,31,35). The van der Waals surface area contributed by atoms with E-state index >= 15 is 0 Å². The average molecular weight is 549 g/mol. The van der Waals surface area contributed by atoms with E-state index in [-0.39, 0.29) is 30.5 Å². The summed E-state index contributed by atoms with van der Waals surface area (Å²) in [4.78, 5) is 29.9. The van der Waals surface area contributed by atoms with Gasteiger partial charge in [0.05, 0.1) is 31.1 Å². The lowest BCUT2D eigenvalue weighted by Crippen LogP contribution is -2.63. The fourth-order valence-corrected chi connectivity index (χ4v) is 5.90. The van der Waals surface area contributed by atoms with Crippen molar-refractivity contribution in [1.82, 2.24) is 10.2 Å². The first-order valence-electron chi connectivity index (χ1n) is 13.5. The number of nitrogens with one attached hydrogen (secondary N) is 2. The molecule has 10 nitrogen and oxygen atoms in total. The van der Waals surface area contributed by atoms with E-state index in [9.17, 15) is 14.8 Å². The Morgan fingerprint density at radius 2 is 1.93 bits per heavy atom. The van der Waals surface area contributed by atoms with Crippen LogP contribution in [0.25, 0.3) is 0 Å². The molecule has 2 fully saturated rings.